The first-order chi connectivity index (χ1) is 14.7. The number of fused-ring (bicyclic) bond motifs is 2. The first-order valence-corrected chi connectivity index (χ1v) is 10.4. The fraction of sp³-hybridized carbons (Fsp3) is 0.333. The number of nitrogens with one attached hydrogen (secondary N) is 2. The minimum atomic E-state index is 0. The average molecular weight is 532 g/mol. The summed E-state index contributed by atoms with van der Waals surface area (Å²) in [7, 11) is 1.77. The zero-order valence-electron chi connectivity index (χ0n) is 18.1. The van der Waals surface area contributed by atoms with E-state index in [1.165, 1.54) is 10.9 Å². The van der Waals surface area contributed by atoms with Crippen LogP contribution in [0.4, 0.5) is 0 Å². The Kier molecular flexibility index (Phi) is 7.95. The Morgan fingerprint density at radius 3 is 2.81 bits per heavy atom. The molecule has 0 bridgehead atoms. The lowest BCUT2D eigenvalue weighted by molar-refractivity contribution is 0.254. The SMILES string of the molecule is CCOc1cc2c(cc1CNC(=NC)NCc1nccc3ccccc13)OC(C)C2.I. The smallest absolute Gasteiger partial charge is 0.191 e. The number of halogens is 1. The van der Waals surface area contributed by atoms with E-state index in [1.807, 2.05) is 31.3 Å². The third-order valence-corrected chi connectivity index (χ3v) is 5.23. The molecular formula is C24H29IN4O2. The Bertz CT molecular complexity index is 1070. The van der Waals surface area contributed by atoms with Crippen molar-refractivity contribution >= 4 is 40.7 Å². The van der Waals surface area contributed by atoms with Crippen LogP contribution in [0.25, 0.3) is 10.8 Å². The quantitative estimate of drug-likeness (QED) is 0.279. The second kappa shape index (κ2) is 10.7. The molecule has 1 aliphatic rings. The Morgan fingerprint density at radius 2 is 2.00 bits per heavy atom. The number of guanidine groups is 1. The number of hydrogen-bond acceptors (Lipinski definition) is 4. The van der Waals surface area contributed by atoms with Gasteiger partial charge in [-0.2, -0.15) is 0 Å². The molecule has 1 aliphatic heterocycles. The maximum Gasteiger partial charge on any atom is 0.191 e. The predicted molar refractivity (Wildman–Crippen MR) is 136 cm³/mol. The van der Waals surface area contributed by atoms with E-state index in [-0.39, 0.29) is 30.1 Å². The van der Waals surface area contributed by atoms with Gasteiger partial charge in [0.15, 0.2) is 5.96 Å². The van der Waals surface area contributed by atoms with Gasteiger partial charge in [0.1, 0.15) is 17.6 Å². The minimum Gasteiger partial charge on any atom is -0.494 e. The van der Waals surface area contributed by atoms with Crippen molar-refractivity contribution in [2.24, 2.45) is 4.99 Å². The van der Waals surface area contributed by atoms with Crippen LogP contribution in [0.2, 0.25) is 0 Å². The van der Waals surface area contributed by atoms with Crippen LogP contribution in [0.1, 0.15) is 30.7 Å². The molecule has 0 saturated heterocycles. The Hall–Kier alpha value is -2.55. The van der Waals surface area contributed by atoms with E-state index >= 15 is 0 Å². The molecule has 0 amide bonds. The van der Waals surface area contributed by atoms with Crippen LogP contribution in [0, 0.1) is 0 Å². The van der Waals surface area contributed by atoms with Crippen molar-refractivity contribution < 1.29 is 9.47 Å². The van der Waals surface area contributed by atoms with E-state index in [4.69, 9.17) is 9.47 Å². The van der Waals surface area contributed by atoms with Crippen molar-refractivity contribution in [3.63, 3.8) is 0 Å². The van der Waals surface area contributed by atoms with Crippen molar-refractivity contribution in [1.29, 1.82) is 0 Å². The van der Waals surface area contributed by atoms with Gasteiger partial charge in [-0.3, -0.25) is 9.98 Å². The summed E-state index contributed by atoms with van der Waals surface area (Å²) in [5.41, 5.74) is 3.25. The molecule has 2 heterocycles. The van der Waals surface area contributed by atoms with Crippen LogP contribution in [0.3, 0.4) is 0 Å². The summed E-state index contributed by atoms with van der Waals surface area (Å²) >= 11 is 0. The number of aliphatic imine (C=N–C) groups is 1. The van der Waals surface area contributed by atoms with E-state index in [2.05, 4.69) is 51.8 Å². The Labute approximate surface area is 200 Å². The second-order valence-electron chi connectivity index (χ2n) is 7.39. The van der Waals surface area contributed by atoms with Gasteiger partial charge in [0.25, 0.3) is 0 Å². The minimum absolute atomic E-state index is 0. The monoisotopic (exact) mass is 532 g/mol. The number of ether oxygens (including phenoxy) is 2. The molecule has 7 heteroatoms. The first-order valence-electron chi connectivity index (χ1n) is 10.4. The summed E-state index contributed by atoms with van der Waals surface area (Å²) in [6.07, 6.45) is 2.97. The fourth-order valence-electron chi connectivity index (χ4n) is 3.80. The topological polar surface area (TPSA) is 67.8 Å². The highest BCUT2D eigenvalue weighted by molar-refractivity contribution is 14.0. The molecule has 0 spiro atoms. The van der Waals surface area contributed by atoms with E-state index < -0.39 is 0 Å². The van der Waals surface area contributed by atoms with Gasteiger partial charge in [-0.05, 0) is 37.4 Å². The van der Waals surface area contributed by atoms with E-state index in [0.29, 0.717) is 25.7 Å². The molecule has 0 saturated carbocycles. The molecular weight excluding hydrogens is 503 g/mol. The predicted octanol–water partition coefficient (Wildman–Crippen LogP) is 4.44. The van der Waals surface area contributed by atoms with E-state index in [0.717, 1.165) is 34.6 Å². The van der Waals surface area contributed by atoms with Gasteiger partial charge in [-0.1, -0.05) is 24.3 Å². The van der Waals surface area contributed by atoms with Crippen molar-refractivity contribution in [3.8, 4) is 11.5 Å². The number of benzene rings is 2. The highest BCUT2D eigenvalue weighted by Crippen LogP contribution is 2.35. The molecule has 0 radical (unpaired) electrons. The van der Waals surface area contributed by atoms with Crippen LogP contribution in [-0.2, 0) is 19.5 Å². The van der Waals surface area contributed by atoms with Crippen LogP contribution >= 0.6 is 24.0 Å². The number of rotatable bonds is 6. The van der Waals surface area contributed by atoms with Gasteiger partial charge in [-0.15, -0.1) is 24.0 Å². The lowest BCUT2D eigenvalue weighted by atomic mass is 10.1. The van der Waals surface area contributed by atoms with Crippen LogP contribution < -0.4 is 20.1 Å². The van der Waals surface area contributed by atoms with Crippen molar-refractivity contribution in [2.75, 3.05) is 13.7 Å². The second-order valence-corrected chi connectivity index (χ2v) is 7.39. The Balaban J connectivity index is 0.00000272. The molecule has 4 rings (SSSR count). The van der Waals surface area contributed by atoms with Gasteiger partial charge in [0.2, 0.25) is 0 Å². The molecule has 0 aliphatic carbocycles. The zero-order valence-corrected chi connectivity index (χ0v) is 20.5. The molecule has 0 fully saturated rings. The van der Waals surface area contributed by atoms with Crippen LogP contribution in [0.15, 0.2) is 53.7 Å². The summed E-state index contributed by atoms with van der Waals surface area (Å²) in [5, 5.41) is 9.07. The third kappa shape index (κ3) is 5.39. The third-order valence-electron chi connectivity index (χ3n) is 5.23. The summed E-state index contributed by atoms with van der Waals surface area (Å²) in [5.74, 6) is 2.56. The highest BCUT2D eigenvalue weighted by atomic mass is 127. The average Bonchev–Trinajstić information content (AvgIpc) is 3.12. The normalized spacial score (nSPS) is 15.1. The Morgan fingerprint density at radius 1 is 1.19 bits per heavy atom. The molecule has 164 valence electrons. The number of aromatic nitrogens is 1. The molecule has 3 aromatic rings. The largest absolute Gasteiger partial charge is 0.494 e. The summed E-state index contributed by atoms with van der Waals surface area (Å²) < 4.78 is 11.8. The van der Waals surface area contributed by atoms with Gasteiger partial charge in [0, 0.05) is 42.7 Å². The van der Waals surface area contributed by atoms with E-state index in [1.54, 1.807) is 7.05 Å². The van der Waals surface area contributed by atoms with Gasteiger partial charge in [-0.25, -0.2) is 0 Å². The maximum atomic E-state index is 5.92. The lowest BCUT2D eigenvalue weighted by Gasteiger charge is -2.16. The zero-order chi connectivity index (χ0) is 20.9. The number of hydrogen-bond donors (Lipinski definition) is 2. The molecule has 2 N–H and O–H groups in total. The van der Waals surface area contributed by atoms with Crippen molar-refractivity contribution in [2.45, 2.75) is 39.5 Å². The molecule has 1 atom stereocenters. The molecule has 1 unspecified atom stereocenters. The van der Waals surface area contributed by atoms with Crippen LogP contribution in [-0.4, -0.2) is 30.7 Å². The van der Waals surface area contributed by atoms with Crippen molar-refractivity contribution in [1.82, 2.24) is 15.6 Å². The van der Waals surface area contributed by atoms with Crippen LogP contribution in [0.5, 0.6) is 11.5 Å². The summed E-state index contributed by atoms with van der Waals surface area (Å²) in [6, 6.07) is 14.5. The lowest BCUT2D eigenvalue weighted by Crippen LogP contribution is -2.36. The molecule has 2 aromatic carbocycles. The number of nitrogens with zero attached hydrogens (tertiary/aromatic N) is 2. The summed E-state index contributed by atoms with van der Waals surface area (Å²) in [4.78, 5) is 8.89. The standard InChI is InChI=1S/C24H28N4O2.HI/c1-4-29-22-12-18-11-16(2)30-23(18)13-19(22)14-27-24(25-3)28-15-21-20-8-6-5-7-17(20)9-10-26-21;/h5-10,12-13,16H,4,11,14-15H2,1-3H3,(H2,25,27,28);1H. The van der Waals surface area contributed by atoms with E-state index in [9.17, 15) is 0 Å². The molecule has 6 nitrogen and oxygen atoms in total. The molecule has 1 aromatic heterocycles. The number of pyridine rings is 1. The highest BCUT2D eigenvalue weighted by Gasteiger charge is 2.22. The first kappa shape index (κ1) is 23.1. The fourth-order valence-corrected chi connectivity index (χ4v) is 3.80. The maximum absolute atomic E-state index is 5.92. The van der Waals surface area contributed by atoms with Gasteiger partial charge < -0.3 is 20.1 Å². The summed E-state index contributed by atoms with van der Waals surface area (Å²) in [6.45, 7) is 5.89. The molecule has 31 heavy (non-hydrogen) atoms. The van der Waals surface area contributed by atoms with Gasteiger partial charge in [0.05, 0.1) is 18.8 Å². The van der Waals surface area contributed by atoms with Crippen molar-refractivity contribution in [3.05, 3.63) is 65.5 Å². The van der Waals surface area contributed by atoms with Gasteiger partial charge >= 0.3 is 0 Å².